The summed E-state index contributed by atoms with van der Waals surface area (Å²) in [5.41, 5.74) is 10.7. The number of nitrogens with one attached hydrogen (secondary N) is 2. The van der Waals surface area contributed by atoms with Crippen molar-refractivity contribution in [1.82, 2.24) is 40.0 Å². The molecule has 0 aliphatic carbocycles. The molecule has 2 aromatic carbocycles. The lowest BCUT2D eigenvalue weighted by Crippen LogP contribution is -2.62. The standard InChI is InChI=1S/C53H68N8O7/c1-10-60-45-19-18-37-28-40(45)41(48(60)42-30-54-22-20-39(42)32-67-9)29-53(4,5)33-68-52(66)43-16-12-24-61(56-43)51(65)44(27-35-14-11-15-36(37)26-35)55-49(63)47(34(2)3)58(8)50(64)38-21-25-59(31-38)46(62)17-13-23-57(6)7/h11,14-15,18-20,22,26,28,30,34,38,43-44,47,56H,10,12,16,21,23-25,27,29,31-33H2,1-9H3,(H,55,63)/t38-,43-,44-,47-/m0/s1. The van der Waals surface area contributed by atoms with Gasteiger partial charge in [0.05, 0.1) is 31.4 Å². The fourth-order valence-electron chi connectivity index (χ4n) is 9.96. The first-order chi connectivity index (χ1) is 32.5. The van der Waals surface area contributed by atoms with Crippen LogP contribution in [0.2, 0.25) is 0 Å². The summed E-state index contributed by atoms with van der Waals surface area (Å²) in [6, 6.07) is 13.8. The molecule has 3 aliphatic rings. The molecule has 362 valence electrons. The highest BCUT2D eigenvalue weighted by molar-refractivity contribution is 5.97. The Labute approximate surface area is 400 Å². The lowest BCUT2D eigenvalue weighted by atomic mass is 9.84. The van der Waals surface area contributed by atoms with Gasteiger partial charge in [0.2, 0.25) is 11.8 Å². The van der Waals surface area contributed by atoms with Crippen LogP contribution in [0.3, 0.4) is 0 Å². The average molecular weight is 929 g/mol. The molecule has 3 aliphatic heterocycles. The summed E-state index contributed by atoms with van der Waals surface area (Å²) < 4.78 is 14.1. The number of aryl methyl sites for hydroxylation is 1. The Morgan fingerprint density at radius 1 is 1.04 bits per heavy atom. The molecule has 4 aromatic rings. The number of hydrazine groups is 1. The zero-order valence-electron chi connectivity index (χ0n) is 41.2. The zero-order valence-corrected chi connectivity index (χ0v) is 41.2. The van der Waals surface area contributed by atoms with Gasteiger partial charge in [0, 0.05) is 81.0 Å². The van der Waals surface area contributed by atoms with Gasteiger partial charge in [-0.05, 0) is 105 Å². The Balaban J connectivity index is 1.24. The molecule has 0 saturated carbocycles. The maximum absolute atomic E-state index is 14.7. The first-order valence-electron chi connectivity index (χ1n) is 23.9. The number of fused-ring (bicyclic) bond motifs is 6. The number of benzene rings is 2. The maximum Gasteiger partial charge on any atom is 0.324 e. The number of cyclic esters (lactones) is 1. The van der Waals surface area contributed by atoms with E-state index in [1.807, 2.05) is 57.2 Å². The van der Waals surface area contributed by atoms with Gasteiger partial charge in [-0.2, -0.15) is 0 Å². The van der Waals surface area contributed by atoms with Gasteiger partial charge in [-0.25, -0.2) is 5.43 Å². The first-order valence-corrected chi connectivity index (χ1v) is 23.9. The molecule has 0 spiro atoms. The summed E-state index contributed by atoms with van der Waals surface area (Å²) >= 11 is 0. The fourth-order valence-corrected chi connectivity index (χ4v) is 9.96. The third-order valence-electron chi connectivity index (χ3n) is 13.3. The second kappa shape index (κ2) is 21.5. The van der Waals surface area contributed by atoms with Crippen LogP contribution in [-0.4, -0.2) is 138 Å². The molecule has 0 radical (unpaired) electrons. The van der Waals surface area contributed by atoms with Crippen molar-refractivity contribution < 1.29 is 33.4 Å². The number of esters is 1. The van der Waals surface area contributed by atoms with E-state index in [0.29, 0.717) is 58.5 Å². The van der Waals surface area contributed by atoms with Gasteiger partial charge in [-0.15, -0.1) is 0 Å². The number of carbonyl (C=O) groups is 5. The van der Waals surface area contributed by atoms with Crippen LogP contribution in [0, 0.1) is 29.1 Å². The summed E-state index contributed by atoms with van der Waals surface area (Å²) in [4.78, 5) is 79.7. The molecular weight excluding hydrogens is 861 g/mol. The van der Waals surface area contributed by atoms with E-state index in [-0.39, 0.29) is 37.3 Å². The van der Waals surface area contributed by atoms with Crippen LogP contribution < -0.4 is 10.7 Å². The predicted octanol–water partition coefficient (Wildman–Crippen LogP) is 5.08. The van der Waals surface area contributed by atoms with E-state index < -0.39 is 47.2 Å². The number of carbonyl (C=O) groups excluding carboxylic acids is 5. The second-order valence-corrected chi connectivity index (χ2v) is 19.9. The molecular formula is C53H68N8O7. The van der Waals surface area contributed by atoms with Crippen molar-refractivity contribution in [2.75, 3.05) is 61.0 Å². The summed E-state index contributed by atoms with van der Waals surface area (Å²) in [5, 5.41) is 5.58. The minimum absolute atomic E-state index is 0.136. The van der Waals surface area contributed by atoms with Gasteiger partial charge in [0.25, 0.3) is 11.8 Å². The minimum Gasteiger partial charge on any atom is -0.464 e. The molecule has 2 saturated heterocycles. The SMILES string of the molecule is CCn1c(-c2cnccc2COC)c2c3cc(ccc31)-c1cccc(c1)C[C@H](NC(=O)[C@H](C(C)C)N(C)C(=O)[C@H]1CCN(C(=O)C#CCN(C)C)C1)C(=O)N1CCC[C@H](N1)C(=O)OCC(C)(C)C2. The van der Waals surface area contributed by atoms with Crippen molar-refractivity contribution in [1.29, 1.82) is 0 Å². The van der Waals surface area contributed by atoms with Gasteiger partial charge in [-0.3, -0.25) is 38.9 Å². The van der Waals surface area contributed by atoms with E-state index in [4.69, 9.17) is 9.47 Å². The van der Waals surface area contributed by atoms with Crippen molar-refractivity contribution in [3.8, 4) is 34.2 Å². The summed E-state index contributed by atoms with van der Waals surface area (Å²) in [6.07, 6.45) is 5.89. The number of nitrogens with zero attached hydrogens (tertiary/aromatic N) is 6. The van der Waals surface area contributed by atoms with Crippen LogP contribution in [0.1, 0.15) is 70.6 Å². The number of ether oxygens (including phenoxy) is 2. The summed E-state index contributed by atoms with van der Waals surface area (Å²) in [7, 11) is 7.05. The number of pyridine rings is 1. The lowest BCUT2D eigenvalue weighted by molar-refractivity contribution is -0.155. The quantitative estimate of drug-likeness (QED) is 0.162. The van der Waals surface area contributed by atoms with E-state index in [1.165, 1.54) is 9.91 Å². The number of rotatable bonds is 10. The van der Waals surface area contributed by atoms with Crippen molar-refractivity contribution in [3.05, 3.63) is 77.6 Å². The second-order valence-electron chi connectivity index (χ2n) is 19.9. The molecule has 0 unspecified atom stereocenters. The zero-order chi connectivity index (χ0) is 48.9. The van der Waals surface area contributed by atoms with E-state index in [2.05, 4.69) is 83.2 Å². The molecule has 7 rings (SSSR count). The van der Waals surface area contributed by atoms with Crippen molar-refractivity contribution in [2.24, 2.45) is 17.3 Å². The highest BCUT2D eigenvalue weighted by Gasteiger charge is 2.40. The lowest BCUT2D eigenvalue weighted by Gasteiger charge is -2.37. The molecule has 4 amide bonds. The number of likely N-dealkylation sites (N-methyl/N-ethyl adjacent to an activating group) is 1. The van der Waals surface area contributed by atoms with Crippen LogP contribution in [0.5, 0.6) is 0 Å². The van der Waals surface area contributed by atoms with E-state index >= 15 is 0 Å². The van der Waals surface area contributed by atoms with E-state index in [9.17, 15) is 24.0 Å². The smallest absolute Gasteiger partial charge is 0.324 e. The Hall–Kier alpha value is -6.08. The summed E-state index contributed by atoms with van der Waals surface area (Å²) in [5.74, 6) is 2.83. The number of methoxy groups -OCH3 is 1. The Kier molecular flexibility index (Phi) is 15.7. The highest BCUT2D eigenvalue weighted by atomic mass is 16.5. The third kappa shape index (κ3) is 11.1. The number of hydrogen-bond acceptors (Lipinski definition) is 10. The number of amides is 4. The van der Waals surface area contributed by atoms with Crippen molar-refractivity contribution in [2.45, 2.75) is 98.0 Å². The van der Waals surface area contributed by atoms with Gasteiger partial charge >= 0.3 is 5.97 Å². The molecule has 15 nitrogen and oxygen atoms in total. The minimum atomic E-state index is -1.06. The largest absolute Gasteiger partial charge is 0.464 e. The van der Waals surface area contributed by atoms with Gasteiger partial charge in [0.15, 0.2) is 0 Å². The third-order valence-corrected chi connectivity index (χ3v) is 13.3. The molecule has 4 atom stereocenters. The molecule has 2 N–H and O–H groups in total. The first kappa shape index (κ1) is 49.8. The molecule has 15 heteroatoms. The molecule has 2 aromatic heterocycles. The monoisotopic (exact) mass is 929 g/mol. The van der Waals surface area contributed by atoms with Gasteiger partial charge in [0.1, 0.15) is 18.1 Å². The van der Waals surface area contributed by atoms with Crippen LogP contribution >= 0.6 is 0 Å². The molecule has 6 bridgehead atoms. The van der Waals surface area contributed by atoms with E-state index in [0.717, 1.165) is 50.0 Å². The van der Waals surface area contributed by atoms with Crippen LogP contribution in [0.4, 0.5) is 0 Å². The normalized spacial score (nSPS) is 20.1. The fraction of sp³-hybridized carbons (Fsp3) is 0.509. The molecule has 68 heavy (non-hydrogen) atoms. The van der Waals surface area contributed by atoms with Crippen molar-refractivity contribution >= 4 is 40.5 Å². The van der Waals surface area contributed by atoms with Gasteiger partial charge in [-0.1, -0.05) is 63.9 Å². The van der Waals surface area contributed by atoms with Crippen LogP contribution in [0.15, 0.2) is 60.9 Å². The number of aromatic nitrogens is 2. The van der Waals surface area contributed by atoms with Crippen LogP contribution in [-0.2, 0) is 59.4 Å². The average Bonchev–Trinajstić information content (AvgIpc) is 3.93. The predicted molar refractivity (Wildman–Crippen MR) is 261 cm³/mol. The van der Waals surface area contributed by atoms with Crippen LogP contribution in [0.25, 0.3) is 33.3 Å². The highest BCUT2D eigenvalue weighted by Crippen LogP contribution is 2.41. The summed E-state index contributed by atoms with van der Waals surface area (Å²) in [6.45, 7) is 12.7. The molecule has 5 heterocycles. The van der Waals surface area contributed by atoms with E-state index in [1.54, 1.807) is 25.3 Å². The Morgan fingerprint density at radius 3 is 2.56 bits per heavy atom. The number of hydrogen-bond donors (Lipinski definition) is 2. The van der Waals surface area contributed by atoms with Gasteiger partial charge < -0.3 is 29.2 Å². The maximum atomic E-state index is 14.7. The Bertz CT molecular complexity index is 2590. The number of likely N-dealkylation sites (tertiary alicyclic amines) is 1. The van der Waals surface area contributed by atoms with Crippen molar-refractivity contribution in [3.63, 3.8) is 0 Å². The Morgan fingerprint density at radius 2 is 1.82 bits per heavy atom. The molecule has 2 fully saturated rings. The topological polar surface area (TPSA) is 159 Å².